The van der Waals surface area contributed by atoms with Crippen LogP contribution in [0, 0.1) is 0 Å². The lowest BCUT2D eigenvalue weighted by molar-refractivity contribution is 0.0689. The van der Waals surface area contributed by atoms with E-state index in [4.69, 9.17) is 5.73 Å². The number of rotatable bonds is 5. The lowest BCUT2D eigenvalue weighted by atomic mass is 9.91. The maximum Gasteiger partial charge on any atom is 0.0415 e. The second kappa shape index (κ2) is 5.41. The lowest BCUT2D eigenvalue weighted by Gasteiger charge is -2.43. The fourth-order valence-corrected chi connectivity index (χ4v) is 3.42. The Morgan fingerprint density at radius 3 is 2.17 bits per heavy atom. The van der Waals surface area contributed by atoms with Crippen LogP contribution in [0.1, 0.15) is 38.3 Å². The highest BCUT2D eigenvalue weighted by Gasteiger charge is 2.41. The molecule has 2 N–H and O–H groups in total. The summed E-state index contributed by atoms with van der Waals surface area (Å²) in [4.78, 5) is 2.62. The Kier molecular flexibility index (Phi) is 4.08. The number of fused-ring (bicyclic) bond motifs is 1. The van der Waals surface area contributed by atoms with E-state index in [1.807, 2.05) is 0 Å². The zero-order chi connectivity index (χ0) is 13.2. The minimum Gasteiger partial charge on any atom is -0.329 e. The van der Waals surface area contributed by atoms with Gasteiger partial charge in [-0.1, -0.05) is 31.2 Å². The van der Waals surface area contributed by atoms with Crippen LogP contribution in [0.5, 0.6) is 0 Å². The molecule has 0 aliphatic heterocycles. The van der Waals surface area contributed by atoms with Crippen molar-refractivity contribution in [3.8, 4) is 0 Å². The first-order valence-electron chi connectivity index (χ1n) is 7.16. The van der Waals surface area contributed by atoms with Crippen molar-refractivity contribution in [1.29, 1.82) is 0 Å². The Morgan fingerprint density at radius 1 is 1.22 bits per heavy atom. The highest BCUT2D eigenvalue weighted by molar-refractivity contribution is 5.36. The Morgan fingerprint density at radius 2 is 1.78 bits per heavy atom. The lowest BCUT2D eigenvalue weighted by Crippen LogP contribution is -2.57. The number of hydrogen-bond donors (Lipinski definition) is 1. The zero-order valence-electron chi connectivity index (χ0n) is 11.9. The molecule has 100 valence electrons. The molecule has 2 nitrogen and oxygen atoms in total. The Balaban J connectivity index is 2.28. The van der Waals surface area contributed by atoms with Crippen molar-refractivity contribution in [2.45, 2.75) is 51.6 Å². The van der Waals surface area contributed by atoms with Gasteiger partial charge in [0.05, 0.1) is 0 Å². The monoisotopic (exact) mass is 246 g/mol. The maximum absolute atomic E-state index is 6.18. The first kappa shape index (κ1) is 13.6. The summed E-state index contributed by atoms with van der Waals surface area (Å²) < 4.78 is 0. The summed E-state index contributed by atoms with van der Waals surface area (Å²) in [7, 11) is 0. The van der Waals surface area contributed by atoms with Crippen molar-refractivity contribution in [1.82, 2.24) is 4.90 Å². The van der Waals surface area contributed by atoms with Gasteiger partial charge in [-0.2, -0.15) is 0 Å². The summed E-state index contributed by atoms with van der Waals surface area (Å²) in [6.07, 6.45) is 3.41. The first-order chi connectivity index (χ1) is 8.63. The molecule has 1 aliphatic carbocycles. The van der Waals surface area contributed by atoms with Gasteiger partial charge in [0, 0.05) is 18.1 Å². The minimum absolute atomic E-state index is 0.147. The Labute approximate surface area is 111 Å². The van der Waals surface area contributed by atoms with Crippen LogP contribution in [0.3, 0.4) is 0 Å². The van der Waals surface area contributed by atoms with E-state index < -0.39 is 0 Å². The molecule has 0 spiro atoms. The summed E-state index contributed by atoms with van der Waals surface area (Å²) in [5, 5.41) is 0. The van der Waals surface area contributed by atoms with Gasteiger partial charge < -0.3 is 5.73 Å². The summed E-state index contributed by atoms with van der Waals surface area (Å²) in [6, 6.07) is 9.37. The van der Waals surface area contributed by atoms with E-state index in [-0.39, 0.29) is 5.54 Å². The molecule has 0 radical (unpaired) electrons. The van der Waals surface area contributed by atoms with Crippen molar-refractivity contribution in [3.63, 3.8) is 0 Å². The average Bonchev–Trinajstić information content (AvgIpc) is 2.75. The van der Waals surface area contributed by atoms with E-state index in [0.29, 0.717) is 6.04 Å². The van der Waals surface area contributed by atoms with Crippen molar-refractivity contribution >= 4 is 0 Å². The van der Waals surface area contributed by atoms with E-state index in [0.717, 1.165) is 25.9 Å². The van der Waals surface area contributed by atoms with Crippen LogP contribution in [0.25, 0.3) is 0 Å². The third-order valence-corrected chi connectivity index (χ3v) is 4.23. The molecule has 0 saturated carbocycles. The SMILES string of the molecule is CCCN(C(C)C)C1(CN)Cc2ccccc2C1. The smallest absolute Gasteiger partial charge is 0.0415 e. The molecule has 1 aliphatic rings. The Hall–Kier alpha value is -0.860. The molecule has 0 bridgehead atoms. The molecular weight excluding hydrogens is 220 g/mol. The van der Waals surface area contributed by atoms with Gasteiger partial charge in [-0.3, -0.25) is 4.90 Å². The van der Waals surface area contributed by atoms with Crippen LogP contribution in [-0.2, 0) is 12.8 Å². The predicted octanol–water partition coefficient (Wildman–Crippen LogP) is 2.60. The minimum atomic E-state index is 0.147. The van der Waals surface area contributed by atoms with Crippen molar-refractivity contribution in [2.75, 3.05) is 13.1 Å². The number of hydrogen-bond acceptors (Lipinski definition) is 2. The zero-order valence-corrected chi connectivity index (χ0v) is 11.9. The number of nitrogens with two attached hydrogens (primary N) is 1. The van der Waals surface area contributed by atoms with Gasteiger partial charge in [0.2, 0.25) is 0 Å². The molecule has 0 atom stereocenters. The summed E-state index contributed by atoms with van der Waals surface area (Å²) in [6.45, 7) is 8.72. The molecule has 0 heterocycles. The molecule has 0 unspecified atom stereocenters. The number of nitrogens with zero attached hydrogens (tertiary/aromatic N) is 1. The number of benzene rings is 1. The quantitative estimate of drug-likeness (QED) is 0.865. The van der Waals surface area contributed by atoms with Crippen LogP contribution < -0.4 is 5.73 Å². The summed E-state index contributed by atoms with van der Waals surface area (Å²) in [5.74, 6) is 0. The average molecular weight is 246 g/mol. The van der Waals surface area contributed by atoms with Gasteiger partial charge in [0.15, 0.2) is 0 Å². The molecule has 0 saturated heterocycles. The molecule has 1 aromatic rings. The van der Waals surface area contributed by atoms with Crippen molar-refractivity contribution in [3.05, 3.63) is 35.4 Å². The Bertz CT molecular complexity index is 373. The largest absolute Gasteiger partial charge is 0.329 e. The van der Waals surface area contributed by atoms with Crippen LogP contribution in [0.4, 0.5) is 0 Å². The molecule has 18 heavy (non-hydrogen) atoms. The molecule has 2 rings (SSSR count). The van der Waals surface area contributed by atoms with E-state index in [9.17, 15) is 0 Å². The second-order valence-corrected chi connectivity index (χ2v) is 5.84. The molecular formula is C16H26N2. The van der Waals surface area contributed by atoms with E-state index in [1.54, 1.807) is 0 Å². The maximum atomic E-state index is 6.18. The van der Waals surface area contributed by atoms with Crippen molar-refractivity contribution < 1.29 is 0 Å². The van der Waals surface area contributed by atoms with Gasteiger partial charge in [-0.15, -0.1) is 0 Å². The standard InChI is InChI=1S/C16H26N2/c1-4-9-18(13(2)3)16(12-17)10-14-7-5-6-8-15(14)11-16/h5-8,13H,4,9-12,17H2,1-3H3. The highest BCUT2D eigenvalue weighted by Crippen LogP contribution is 2.35. The molecule has 0 amide bonds. The van der Waals surface area contributed by atoms with Crippen LogP contribution >= 0.6 is 0 Å². The third-order valence-electron chi connectivity index (χ3n) is 4.23. The van der Waals surface area contributed by atoms with E-state index in [2.05, 4.69) is 49.9 Å². The van der Waals surface area contributed by atoms with Gasteiger partial charge in [-0.25, -0.2) is 0 Å². The highest BCUT2D eigenvalue weighted by atomic mass is 15.2. The molecule has 1 aromatic carbocycles. The molecule has 0 aromatic heterocycles. The van der Waals surface area contributed by atoms with Gasteiger partial charge in [0.25, 0.3) is 0 Å². The molecule has 2 heteroatoms. The third kappa shape index (κ3) is 2.32. The van der Waals surface area contributed by atoms with Crippen molar-refractivity contribution in [2.24, 2.45) is 5.73 Å². The first-order valence-corrected chi connectivity index (χ1v) is 7.16. The predicted molar refractivity (Wildman–Crippen MR) is 77.8 cm³/mol. The normalized spacial score (nSPS) is 17.4. The molecule has 0 fully saturated rings. The second-order valence-electron chi connectivity index (χ2n) is 5.84. The van der Waals surface area contributed by atoms with Gasteiger partial charge in [-0.05, 0) is 50.8 Å². The summed E-state index contributed by atoms with van der Waals surface area (Å²) >= 11 is 0. The van der Waals surface area contributed by atoms with Crippen LogP contribution in [0.2, 0.25) is 0 Å². The van der Waals surface area contributed by atoms with E-state index in [1.165, 1.54) is 17.5 Å². The van der Waals surface area contributed by atoms with Gasteiger partial charge in [0.1, 0.15) is 0 Å². The fraction of sp³-hybridized carbons (Fsp3) is 0.625. The van der Waals surface area contributed by atoms with E-state index >= 15 is 0 Å². The van der Waals surface area contributed by atoms with Crippen LogP contribution in [-0.4, -0.2) is 29.6 Å². The fourth-order valence-electron chi connectivity index (χ4n) is 3.42. The van der Waals surface area contributed by atoms with Crippen LogP contribution in [0.15, 0.2) is 24.3 Å². The van der Waals surface area contributed by atoms with Gasteiger partial charge >= 0.3 is 0 Å². The topological polar surface area (TPSA) is 29.3 Å². The summed E-state index contributed by atoms with van der Waals surface area (Å²) in [5.41, 5.74) is 9.30.